The van der Waals surface area contributed by atoms with Crippen molar-refractivity contribution in [3.8, 4) is 0 Å². The molecule has 2 fully saturated rings. The first-order chi connectivity index (χ1) is 11.7. The number of fused-ring (bicyclic) bond motifs is 1. The van der Waals surface area contributed by atoms with Gasteiger partial charge in [-0.05, 0) is 18.0 Å². The van der Waals surface area contributed by atoms with E-state index in [1.165, 1.54) is 5.56 Å². The molecule has 0 N–H and O–H groups in total. The molecular formula is C16H21N3O4S. The Morgan fingerprint density at radius 1 is 1.33 bits per heavy atom. The van der Waals surface area contributed by atoms with Gasteiger partial charge in [0.2, 0.25) is 0 Å². The second-order valence-electron chi connectivity index (χ2n) is 5.74. The summed E-state index contributed by atoms with van der Waals surface area (Å²) in [5.41, 5.74) is 10.2. The van der Waals surface area contributed by atoms with E-state index in [1.807, 2.05) is 25.1 Å². The molecule has 3 rings (SSSR count). The second-order valence-corrected chi connectivity index (χ2v) is 6.90. The van der Waals surface area contributed by atoms with Gasteiger partial charge in [0.1, 0.15) is 6.10 Å². The van der Waals surface area contributed by atoms with Crippen molar-refractivity contribution < 1.29 is 18.9 Å². The number of rotatable bonds is 5. The Morgan fingerprint density at radius 3 is 2.83 bits per heavy atom. The number of azide groups is 1. The smallest absolute Gasteiger partial charge is 0.170 e. The maximum Gasteiger partial charge on any atom is 0.170 e. The third-order valence-electron chi connectivity index (χ3n) is 4.16. The molecule has 2 heterocycles. The molecule has 8 heteroatoms. The Balaban J connectivity index is 1.78. The number of ether oxygens (including phenoxy) is 4. The summed E-state index contributed by atoms with van der Waals surface area (Å²) in [6, 6.07) is 9.75. The Kier molecular flexibility index (Phi) is 5.99. The zero-order valence-corrected chi connectivity index (χ0v) is 14.5. The number of hydrogen-bond acceptors (Lipinski definition) is 6. The number of methoxy groups -OCH3 is 1. The molecular weight excluding hydrogens is 330 g/mol. The summed E-state index contributed by atoms with van der Waals surface area (Å²) < 4.78 is 22.8. The zero-order chi connectivity index (χ0) is 16.9. The van der Waals surface area contributed by atoms with Crippen LogP contribution in [0, 0.1) is 0 Å². The van der Waals surface area contributed by atoms with E-state index in [1.54, 1.807) is 18.9 Å². The van der Waals surface area contributed by atoms with Crippen molar-refractivity contribution >= 4 is 11.8 Å². The van der Waals surface area contributed by atoms with Crippen LogP contribution in [0.2, 0.25) is 0 Å². The van der Waals surface area contributed by atoms with E-state index >= 15 is 0 Å². The van der Waals surface area contributed by atoms with Gasteiger partial charge in [0.15, 0.2) is 12.6 Å². The fourth-order valence-corrected chi connectivity index (χ4v) is 4.33. The fourth-order valence-electron chi connectivity index (χ4n) is 3.01. The van der Waals surface area contributed by atoms with Gasteiger partial charge >= 0.3 is 0 Å². The van der Waals surface area contributed by atoms with Gasteiger partial charge < -0.3 is 18.9 Å². The van der Waals surface area contributed by atoms with Gasteiger partial charge in [0.05, 0.1) is 24.0 Å². The highest BCUT2D eigenvalue weighted by atomic mass is 32.2. The summed E-state index contributed by atoms with van der Waals surface area (Å²) in [6.07, 6.45) is -1.44. The molecule has 130 valence electrons. The summed E-state index contributed by atoms with van der Waals surface area (Å²) in [5.74, 6) is 0.773. The van der Waals surface area contributed by atoms with Crippen molar-refractivity contribution in [3.05, 3.63) is 46.3 Å². The van der Waals surface area contributed by atoms with Gasteiger partial charge in [0.25, 0.3) is 0 Å². The monoisotopic (exact) mass is 351 g/mol. The number of nitrogens with zero attached hydrogens (tertiary/aromatic N) is 3. The molecule has 1 aromatic carbocycles. The molecule has 0 aromatic heterocycles. The molecule has 0 spiro atoms. The number of hydrogen-bond donors (Lipinski definition) is 0. The normalized spacial score (nSPS) is 35.8. The lowest BCUT2D eigenvalue weighted by molar-refractivity contribution is -0.307. The van der Waals surface area contributed by atoms with Crippen LogP contribution in [-0.4, -0.2) is 49.8 Å². The van der Waals surface area contributed by atoms with Crippen molar-refractivity contribution in [2.24, 2.45) is 5.11 Å². The van der Waals surface area contributed by atoms with Crippen molar-refractivity contribution in [2.45, 2.75) is 48.8 Å². The van der Waals surface area contributed by atoms with E-state index in [9.17, 15) is 0 Å². The molecule has 6 atom stereocenters. The van der Waals surface area contributed by atoms with Gasteiger partial charge in [-0.1, -0.05) is 35.4 Å². The first-order valence-corrected chi connectivity index (χ1v) is 8.93. The highest BCUT2D eigenvalue weighted by molar-refractivity contribution is 7.99. The van der Waals surface area contributed by atoms with E-state index in [4.69, 9.17) is 24.5 Å². The van der Waals surface area contributed by atoms with Gasteiger partial charge in [0, 0.05) is 17.8 Å². The van der Waals surface area contributed by atoms with Crippen LogP contribution in [0.25, 0.3) is 10.4 Å². The maximum absolute atomic E-state index is 9.02. The predicted octanol–water partition coefficient (Wildman–Crippen LogP) is 3.10. The van der Waals surface area contributed by atoms with E-state index in [0.717, 1.165) is 5.75 Å². The highest BCUT2D eigenvalue weighted by Crippen LogP contribution is 2.37. The molecule has 0 amide bonds. The van der Waals surface area contributed by atoms with Gasteiger partial charge in [-0.3, -0.25) is 0 Å². The molecule has 2 aliphatic rings. The quantitative estimate of drug-likeness (QED) is 0.462. The molecule has 2 saturated heterocycles. The molecule has 1 aromatic rings. The molecule has 0 aliphatic carbocycles. The molecule has 0 saturated carbocycles. The molecule has 1 unspecified atom stereocenters. The lowest BCUT2D eigenvalue weighted by Crippen LogP contribution is -2.61. The van der Waals surface area contributed by atoms with Crippen LogP contribution in [0.1, 0.15) is 12.5 Å². The van der Waals surface area contributed by atoms with Crippen LogP contribution in [-0.2, 0) is 24.7 Å². The largest absolute Gasteiger partial charge is 0.355 e. The summed E-state index contributed by atoms with van der Waals surface area (Å²) in [4.78, 5) is 3.03. The lowest BCUT2D eigenvalue weighted by atomic mass is 9.98. The maximum atomic E-state index is 9.02. The second kappa shape index (κ2) is 8.20. The third-order valence-corrected chi connectivity index (χ3v) is 5.55. The number of benzene rings is 1. The zero-order valence-electron chi connectivity index (χ0n) is 13.6. The van der Waals surface area contributed by atoms with Crippen LogP contribution >= 0.6 is 11.8 Å². The van der Waals surface area contributed by atoms with E-state index in [2.05, 4.69) is 22.2 Å². The molecule has 0 bridgehead atoms. The van der Waals surface area contributed by atoms with E-state index < -0.39 is 6.29 Å². The molecule has 0 radical (unpaired) electrons. The van der Waals surface area contributed by atoms with Crippen molar-refractivity contribution in [3.63, 3.8) is 0 Å². The summed E-state index contributed by atoms with van der Waals surface area (Å²) in [5, 5.41) is 3.86. The summed E-state index contributed by atoms with van der Waals surface area (Å²) in [7, 11) is 1.60. The van der Waals surface area contributed by atoms with Gasteiger partial charge in [-0.25, -0.2) is 0 Å². The Hall–Kier alpha value is -1.28. The van der Waals surface area contributed by atoms with Crippen LogP contribution in [0.4, 0.5) is 0 Å². The third kappa shape index (κ3) is 3.85. The SMILES string of the molecule is CO[C@H]1O[C@@H]2COC(C)O[C@H]2[C@@H](N=[N+]=[N-])[C@@H]1SCc1ccccc1. The average Bonchev–Trinajstić information content (AvgIpc) is 2.61. The summed E-state index contributed by atoms with van der Waals surface area (Å²) >= 11 is 1.65. The van der Waals surface area contributed by atoms with Crippen LogP contribution < -0.4 is 0 Å². The molecule has 24 heavy (non-hydrogen) atoms. The predicted molar refractivity (Wildman–Crippen MR) is 90.4 cm³/mol. The van der Waals surface area contributed by atoms with E-state index in [0.29, 0.717) is 6.61 Å². The fraction of sp³-hybridized carbons (Fsp3) is 0.625. The van der Waals surface area contributed by atoms with E-state index in [-0.39, 0.29) is 29.8 Å². The molecule has 2 aliphatic heterocycles. The average molecular weight is 351 g/mol. The Bertz CT molecular complexity index is 584. The van der Waals surface area contributed by atoms with Crippen molar-refractivity contribution in [1.82, 2.24) is 0 Å². The lowest BCUT2D eigenvalue weighted by Gasteiger charge is -2.47. The highest BCUT2D eigenvalue weighted by Gasteiger charge is 2.49. The van der Waals surface area contributed by atoms with Gasteiger partial charge in [-0.2, -0.15) is 0 Å². The Morgan fingerprint density at radius 2 is 2.12 bits per heavy atom. The minimum absolute atomic E-state index is 0.155. The molecule has 7 nitrogen and oxygen atoms in total. The Labute approximate surface area is 145 Å². The number of thioether (sulfide) groups is 1. The topological polar surface area (TPSA) is 85.7 Å². The minimum Gasteiger partial charge on any atom is -0.355 e. The first-order valence-electron chi connectivity index (χ1n) is 7.88. The van der Waals surface area contributed by atoms with Gasteiger partial charge in [-0.15, -0.1) is 11.8 Å². The standard InChI is InChI=1S/C16H21N3O4S/c1-10-21-8-12-14(22-10)13(18-19-17)15(16(20-2)23-12)24-9-11-6-4-3-5-7-11/h3-7,10,12-16H,8-9H2,1-2H3/t10?,12-,13-,14-,15+,16+/m1/s1. The van der Waals surface area contributed by atoms with Crippen molar-refractivity contribution in [1.29, 1.82) is 0 Å². The summed E-state index contributed by atoms with van der Waals surface area (Å²) in [6.45, 7) is 2.23. The van der Waals surface area contributed by atoms with Crippen LogP contribution in [0.3, 0.4) is 0 Å². The first kappa shape index (κ1) is 17.5. The van der Waals surface area contributed by atoms with Crippen molar-refractivity contribution in [2.75, 3.05) is 13.7 Å². The van der Waals surface area contributed by atoms with Crippen LogP contribution in [0.15, 0.2) is 35.4 Å². The van der Waals surface area contributed by atoms with Crippen LogP contribution in [0.5, 0.6) is 0 Å². The minimum atomic E-state index is -0.476.